The summed E-state index contributed by atoms with van der Waals surface area (Å²) in [6, 6.07) is 25.2. The van der Waals surface area contributed by atoms with Crippen molar-refractivity contribution in [3.05, 3.63) is 167 Å². The van der Waals surface area contributed by atoms with Gasteiger partial charge in [0.15, 0.2) is 17.2 Å². The number of aryl methyl sites for hydroxylation is 1. The van der Waals surface area contributed by atoms with Gasteiger partial charge in [0.25, 0.3) is 0 Å². The highest BCUT2D eigenvalue weighted by molar-refractivity contribution is 5.98. The second-order valence-electron chi connectivity index (χ2n) is 19.8. The van der Waals surface area contributed by atoms with Crippen LogP contribution in [0.1, 0.15) is 114 Å². The Morgan fingerprint density at radius 1 is 0.607 bits per heavy atom. The van der Waals surface area contributed by atoms with Gasteiger partial charge in [-0.3, -0.25) is 0 Å². The summed E-state index contributed by atoms with van der Waals surface area (Å²) >= 11 is 0. The maximum Gasteiger partial charge on any atom is 0.499 e. The number of rotatable bonds is 3. The molecule has 4 nitrogen and oxygen atoms in total. The SMILES string of the molecule is [2H]c1c([2H])c(C([2H])([2H])[2H])c([2H])c([2H])c1-c1c([2H])c([2H])[n+]2c(c1[2H])-c1cc(C(C)(C)C)cc3c1C21Oc2ccccc2-c2n(-c4ccc(-c5cc(C(C)(C)C)cc(C(C)(C)C)c5)cc4C([2H])([2H])[2H])c4cccc-3c4[n+]21. The van der Waals surface area contributed by atoms with Gasteiger partial charge in [-0.15, -0.1) is 9.13 Å². The highest BCUT2D eigenvalue weighted by atomic mass is 16.5. The van der Waals surface area contributed by atoms with E-state index in [1.807, 2.05) is 63.7 Å². The van der Waals surface area contributed by atoms with E-state index >= 15 is 0 Å². The van der Waals surface area contributed by atoms with Crippen LogP contribution in [0.4, 0.5) is 0 Å². The molecule has 1 atom stereocenters. The summed E-state index contributed by atoms with van der Waals surface area (Å²) in [4.78, 5) is 0. The molecule has 0 radical (unpaired) electrons. The summed E-state index contributed by atoms with van der Waals surface area (Å²) < 4.78 is 131. The lowest BCUT2D eigenvalue weighted by molar-refractivity contribution is -0.997. The van der Waals surface area contributed by atoms with Crippen molar-refractivity contribution in [2.75, 3.05) is 0 Å². The predicted octanol–water partition coefficient (Wildman–Crippen LogP) is 13.3. The summed E-state index contributed by atoms with van der Waals surface area (Å²) in [7, 11) is 0. The standard InChI is InChI=1S/C57H55N3O/c1-34-19-21-36(22-20-34)38-25-26-58-49(30-38)46-33-42(56(9,10)11)32-45-43-16-14-17-48-52(43)60-53(44-15-12-13-18-50(44)61-57(58,60)51(45)46)59(48)47-24-23-37(27-35(47)2)39-28-40(54(3,4)5)31-41(29-39)55(6,7)8/h12-33H,1-11H3/q+2/i1D3,2D3,19D,20D,21D,22D,25D,26D,30D. The van der Waals surface area contributed by atoms with Crippen LogP contribution in [0.3, 0.4) is 0 Å². The number of fused-ring (bicyclic) bond motifs is 5. The molecule has 5 heterocycles. The monoisotopic (exact) mass is 811 g/mol. The first-order valence-electron chi connectivity index (χ1n) is 27.4. The predicted molar refractivity (Wildman–Crippen MR) is 250 cm³/mol. The molecule has 61 heavy (non-hydrogen) atoms. The van der Waals surface area contributed by atoms with Gasteiger partial charge in [-0.25, -0.2) is 0 Å². The summed E-state index contributed by atoms with van der Waals surface area (Å²) in [5.41, 5.74) is 7.19. The lowest BCUT2D eigenvalue weighted by Crippen LogP contribution is -2.78. The van der Waals surface area contributed by atoms with E-state index in [1.54, 1.807) is 12.1 Å². The first-order chi connectivity index (χ1) is 34.3. The van der Waals surface area contributed by atoms with Crippen LogP contribution in [0.25, 0.3) is 72.7 Å². The number of imidazole rings is 1. The Hall–Kier alpha value is -6.26. The molecule has 0 N–H and O–H groups in total. The molecule has 0 saturated heterocycles. The Morgan fingerprint density at radius 3 is 2.00 bits per heavy atom. The molecule has 0 bridgehead atoms. The quantitative estimate of drug-likeness (QED) is 0.163. The van der Waals surface area contributed by atoms with Crippen LogP contribution in [0.5, 0.6) is 5.75 Å². The van der Waals surface area contributed by atoms with Gasteiger partial charge in [-0.05, 0) is 123 Å². The first-order valence-corrected chi connectivity index (χ1v) is 20.9. The molecule has 302 valence electrons. The first kappa shape index (κ1) is 26.2. The lowest BCUT2D eigenvalue weighted by Gasteiger charge is -2.32. The van der Waals surface area contributed by atoms with Crippen molar-refractivity contribution < 1.29 is 31.7 Å². The molecule has 0 fully saturated rings. The Bertz CT molecular complexity index is 3770. The van der Waals surface area contributed by atoms with Crippen molar-refractivity contribution in [2.24, 2.45) is 0 Å². The second-order valence-corrected chi connectivity index (χ2v) is 19.8. The Morgan fingerprint density at radius 2 is 1.30 bits per heavy atom. The molecule has 0 saturated carbocycles. The number of pyridine rings is 1. The van der Waals surface area contributed by atoms with E-state index in [4.69, 9.17) is 14.3 Å². The van der Waals surface area contributed by atoms with E-state index in [2.05, 4.69) is 86.6 Å². The van der Waals surface area contributed by atoms with E-state index in [0.717, 1.165) is 33.4 Å². The average molecular weight is 811 g/mol. The molecule has 0 amide bonds. The summed E-state index contributed by atoms with van der Waals surface area (Å²) in [5.74, 6) is -0.995. The fourth-order valence-electron chi connectivity index (χ4n) is 9.37. The minimum Gasteiger partial charge on any atom is -0.392 e. The van der Waals surface area contributed by atoms with Gasteiger partial charge < -0.3 is 4.74 Å². The third kappa shape index (κ3) is 5.37. The highest BCUT2D eigenvalue weighted by Crippen LogP contribution is 2.54. The summed E-state index contributed by atoms with van der Waals surface area (Å²) in [6.07, 6.45) is -0.486. The molecular weight excluding hydrogens is 743 g/mol. The number of hydrogen-bond acceptors (Lipinski definition) is 1. The van der Waals surface area contributed by atoms with Gasteiger partial charge >= 0.3 is 11.7 Å². The van der Waals surface area contributed by atoms with Crippen molar-refractivity contribution in [1.29, 1.82) is 0 Å². The maximum absolute atomic E-state index is 10.2. The Balaban J connectivity index is 1.28. The van der Waals surface area contributed by atoms with Crippen LogP contribution in [-0.2, 0) is 22.1 Å². The molecule has 2 aromatic heterocycles. The molecule has 3 aliphatic heterocycles. The fraction of sp³-hybridized carbons (Fsp3) is 0.263. The molecule has 6 aromatic carbocycles. The zero-order chi connectivity index (χ0) is 53.6. The van der Waals surface area contributed by atoms with Crippen molar-refractivity contribution in [3.63, 3.8) is 0 Å². The molecule has 11 rings (SSSR count). The third-order valence-corrected chi connectivity index (χ3v) is 12.6. The zero-order valence-electron chi connectivity index (χ0n) is 48.9. The molecular formula is C57H55N3O+2. The van der Waals surface area contributed by atoms with Gasteiger partial charge in [0.1, 0.15) is 23.9 Å². The molecule has 3 aliphatic rings. The maximum atomic E-state index is 10.2. The topological polar surface area (TPSA) is 21.9 Å². The van der Waals surface area contributed by atoms with Crippen molar-refractivity contribution >= 4 is 11.0 Å². The van der Waals surface area contributed by atoms with Crippen molar-refractivity contribution in [3.8, 4) is 67.5 Å². The molecule has 8 aromatic rings. The minimum absolute atomic E-state index is 0.0984. The van der Waals surface area contributed by atoms with Crippen LogP contribution in [0.2, 0.25) is 0 Å². The van der Waals surface area contributed by atoms with E-state index in [9.17, 15) is 8.22 Å². The van der Waals surface area contributed by atoms with Crippen molar-refractivity contribution in [1.82, 2.24) is 4.57 Å². The molecule has 1 unspecified atom stereocenters. The molecule has 4 heteroatoms. The lowest BCUT2D eigenvalue weighted by atomic mass is 9.79. The van der Waals surface area contributed by atoms with E-state index in [0.29, 0.717) is 50.5 Å². The van der Waals surface area contributed by atoms with Gasteiger partial charge in [0.2, 0.25) is 5.69 Å². The number of aromatic nitrogens is 3. The second kappa shape index (κ2) is 12.4. The number of ether oxygens (including phenoxy) is 1. The van der Waals surface area contributed by atoms with Gasteiger partial charge in [-0.2, -0.15) is 4.57 Å². The smallest absolute Gasteiger partial charge is 0.392 e. The van der Waals surface area contributed by atoms with Crippen LogP contribution >= 0.6 is 0 Å². The van der Waals surface area contributed by atoms with E-state index in [-0.39, 0.29) is 33.7 Å². The Labute approximate surface area is 379 Å². The third-order valence-electron chi connectivity index (χ3n) is 12.6. The fourth-order valence-corrected chi connectivity index (χ4v) is 9.37. The minimum atomic E-state index is -3.00. The Kier molecular flexibility index (Phi) is 5.32. The van der Waals surface area contributed by atoms with Crippen LogP contribution < -0.4 is 13.9 Å². The van der Waals surface area contributed by atoms with Crippen molar-refractivity contribution in [2.45, 2.75) is 98.1 Å². The largest absolute Gasteiger partial charge is 0.499 e. The van der Waals surface area contributed by atoms with Gasteiger partial charge in [0.05, 0.1) is 13.8 Å². The summed E-state index contributed by atoms with van der Waals surface area (Å²) in [6.45, 7) is 13.5. The van der Waals surface area contributed by atoms with E-state index < -0.39 is 72.5 Å². The average Bonchev–Trinajstić information content (AvgIpc) is 3.82. The highest BCUT2D eigenvalue weighted by Gasteiger charge is 2.68. The van der Waals surface area contributed by atoms with Crippen LogP contribution in [-0.4, -0.2) is 4.57 Å². The van der Waals surface area contributed by atoms with Gasteiger partial charge in [-0.1, -0.05) is 135 Å². The number of para-hydroxylation sites is 2. The van der Waals surface area contributed by atoms with Gasteiger partial charge in [0, 0.05) is 31.4 Å². The number of benzene rings is 6. The van der Waals surface area contributed by atoms with Crippen LogP contribution in [0, 0.1) is 13.7 Å². The molecule has 0 aliphatic carbocycles. The number of hydrogen-bond donors (Lipinski definition) is 0. The van der Waals surface area contributed by atoms with Crippen LogP contribution in [0.15, 0.2) is 133 Å². The number of nitrogens with zero attached hydrogens (tertiary/aromatic N) is 3. The summed E-state index contributed by atoms with van der Waals surface area (Å²) in [5, 5.41) is 0. The zero-order valence-corrected chi connectivity index (χ0v) is 35.9. The van der Waals surface area contributed by atoms with E-state index in [1.165, 1.54) is 4.57 Å². The molecule has 1 spiro atoms. The normalized spacial score (nSPS) is 19.5.